The van der Waals surface area contributed by atoms with E-state index in [4.69, 9.17) is 4.74 Å². The van der Waals surface area contributed by atoms with E-state index in [1.807, 2.05) is 26.0 Å². The number of carbonyl (C=O) groups excluding carboxylic acids is 2. The first kappa shape index (κ1) is 19.6. The second-order valence-electron chi connectivity index (χ2n) is 7.10. The fraction of sp³-hybridized carbons (Fsp3) is 0.273. The number of esters is 1. The van der Waals surface area contributed by atoms with Crippen molar-refractivity contribution in [3.63, 3.8) is 0 Å². The Bertz CT molecular complexity index is 1040. The molecule has 146 valence electrons. The van der Waals surface area contributed by atoms with E-state index in [9.17, 15) is 14.0 Å². The van der Waals surface area contributed by atoms with Crippen LogP contribution in [0.3, 0.4) is 0 Å². The van der Waals surface area contributed by atoms with Gasteiger partial charge in [-0.05, 0) is 61.7 Å². The molecule has 3 rings (SSSR count). The Morgan fingerprint density at radius 1 is 1.18 bits per heavy atom. The zero-order valence-electron chi connectivity index (χ0n) is 16.4. The molecule has 6 heteroatoms. The van der Waals surface area contributed by atoms with Gasteiger partial charge in [-0.2, -0.15) is 0 Å². The molecule has 1 unspecified atom stereocenters. The molecule has 0 radical (unpaired) electrons. The van der Waals surface area contributed by atoms with Gasteiger partial charge in [0.1, 0.15) is 11.5 Å². The highest BCUT2D eigenvalue weighted by atomic mass is 19.1. The molecule has 3 aromatic rings. The summed E-state index contributed by atoms with van der Waals surface area (Å²) in [4.78, 5) is 29.5. The first-order valence-electron chi connectivity index (χ1n) is 9.05. The van der Waals surface area contributed by atoms with Crippen LogP contribution in [0.15, 0.2) is 42.5 Å². The molecule has 0 fully saturated rings. The standard InChI is InChI=1S/C22H23FN2O3/c1-13-8-14(2)18-11-20(24-19(18)9-13)22(27)28-15(3)21(26)25(4)12-16-6-5-7-17(23)10-16/h5-11,15,24H,12H2,1-4H3. The molecular formula is C22H23FN2O3. The predicted molar refractivity (Wildman–Crippen MR) is 106 cm³/mol. The molecule has 1 N–H and O–H groups in total. The highest BCUT2D eigenvalue weighted by Crippen LogP contribution is 2.22. The number of amides is 1. The lowest BCUT2D eigenvalue weighted by Crippen LogP contribution is -2.37. The van der Waals surface area contributed by atoms with Crippen molar-refractivity contribution in [2.75, 3.05) is 7.05 Å². The third-order valence-electron chi connectivity index (χ3n) is 4.63. The number of halogens is 1. The van der Waals surface area contributed by atoms with Crippen molar-refractivity contribution in [1.82, 2.24) is 9.88 Å². The van der Waals surface area contributed by atoms with Crippen LogP contribution in [0, 0.1) is 19.7 Å². The van der Waals surface area contributed by atoms with Gasteiger partial charge in [-0.3, -0.25) is 4.79 Å². The molecule has 1 heterocycles. The molecule has 0 aliphatic rings. The largest absolute Gasteiger partial charge is 0.448 e. The van der Waals surface area contributed by atoms with E-state index in [-0.39, 0.29) is 18.3 Å². The van der Waals surface area contributed by atoms with Gasteiger partial charge in [0, 0.05) is 24.5 Å². The van der Waals surface area contributed by atoms with Crippen LogP contribution in [0.5, 0.6) is 0 Å². The Labute approximate surface area is 163 Å². The molecule has 0 spiro atoms. The summed E-state index contributed by atoms with van der Waals surface area (Å²) in [5.74, 6) is -1.31. The number of hydrogen-bond acceptors (Lipinski definition) is 3. The van der Waals surface area contributed by atoms with Crippen molar-refractivity contribution in [2.24, 2.45) is 0 Å². The topological polar surface area (TPSA) is 62.4 Å². The number of fused-ring (bicyclic) bond motifs is 1. The van der Waals surface area contributed by atoms with Gasteiger partial charge in [-0.25, -0.2) is 9.18 Å². The van der Waals surface area contributed by atoms with Crippen LogP contribution < -0.4 is 0 Å². The number of ether oxygens (including phenoxy) is 1. The summed E-state index contributed by atoms with van der Waals surface area (Å²) < 4.78 is 18.6. The van der Waals surface area contributed by atoms with E-state index in [0.29, 0.717) is 11.3 Å². The number of nitrogens with one attached hydrogen (secondary N) is 1. The van der Waals surface area contributed by atoms with Gasteiger partial charge in [0.25, 0.3) is 5.91 Å². The third kappa shape index (κ3) is 4.22. The Morgan fingerprint density at radius 2 is 1.93 bits per heavy atom. The van der Waals surface area contributed by atoms with Crippen LogP contribution in [-0.4, -0.2) is 34.9 Å². The molecular weight excluding hydrogens is 359 g/mol. The van der Waals surface area contributed by atoms with Crippen molar-refractivity contribution in [3.8, 4) is 0 Å². The molecule has 0 saturated heterocycles. The van der Waals surface area contributed by atoms with E-state index >= 15 is 0 Å². The lowest BCUT2D eigenvalue weighted by molar-refractivity contribution is -0.139. The van der Waals surface area contributed by atoms with Crippen molar-refractivity contribution in [3.05, 3.63) is 70.7 Å². The van der Waals surface area contributed by atoms with Gasteiger partial charge in [0.15, 0.2) is 6.10 Å². The highest BCUT2D eigenvalue weighted by Gasteiger charge is 2.23. The molecule has 0 aliphatic carbocycles. The van der Waals surface area contributed by atoms with Crippen molar-refractivity contribution >= 4 is 22.8 Å². The maximum Gasteiger partial charge on any atom is 0.355 e. The molecule has 5 nitrogen and oxygen atoms in total. The lowest BCUT2D eigenvalue weighted by atomic mass is 10.1. The van der Waals surface area contributed by atoms with E-state index in [2.05, 4.69) is 4.98 Å². The van der Waals surface area contributed by atoms with Crippen molar-refractivity contribution < 1.29 is 18.7 Å². The number of carbonyl (C=O) groups is 2. The number of hydrogen-bond donors (Lipinski definition) is 1. The molecule has 0 saturated carbocycles. The minimum atomic E-state index is -0.958. The number of nitrogens with zero attached hydrogens (tertiary/aromatic N) is 1. The molecule has 1 amide bonds. The van der Waals surface area contributed by atoms with Crippen LogP contribution in [0.25, 0.3) is 10.9 Å². The number of benzene rings is 2. The normalized spacial score (nSPS) is 12.0. The first-order valence-corrected chi connectivity index (χ1v) is 9.05. The minimum Gasteiger partial charge on any atom is -0.448 e. The smallest absolute Gasteiger partial charge is 0.355 e. The maximum absolute atomic E-state index is 13.3. The van der Waals surface area contributed by atoms with Gasteiger partial charge in [0.05, 0.1) is 0 Å². The average Bonchev–Trinajstić information content (AvgIpc) is 3.05. The van der Waals surface area contributed by atoms with Crippen LogP contribution in [-0.2, 0) is 16.1 Å². The molecule has 0 bridgehead atoms. The summed E-state index contributed by atoms with van der Waals surface area (Å²) in [5, 5.41) is 0.944. The molecule has 1 aromatic heterocycles. The number of rotatable bonds is 5. The Morgan fingerprint density at radius 3 is 2.64 bits per heavy atom. The third-order valence-corrected chi connectivity index (χ3v) is 4.63. The quantitative estimate of drug-likeness (QED) is 0.675. The zero-order valence-corrected chi connectivity index (χ0v) is 16.4. The van der Waals surface area contributed by atoms with Gasteiger partial charge in [-0.15, -0.1) is 0 Å². The van der Waals surface area contributed by atoms with E-state index in [0.717, 1.165) is 22.0 Å². The van der Waals surface area contributed by atoms with Crippen LogP contribution in [0.2, 0.25) is 0 Å². The summed E-state index contributed by atoms with van der Waals surface area (Å²) in [6.07, 6.45) is -0.958. The van der Waals surface area contributed by atoms with Crippen molar-refractivity contribution in [2.45, 2.75) is 33.4 Å². The summed E-state index contributed by atoms with van der Waals surface area (Å²) >= 11 is 0. The second kappa shape index (κ2) is 7.84. The Balaban J connectivity index is 1.67. The minimum absolute atomic E-state index is 0.226. The molecule has 2 aromatic carbocycles. The van der Waals surface area contributed by atoms with E-state index in [1.54, 1.807) is 25.2 Å². The van der Waals surface area contributed by atoms with Gasteiger partial charge < -0.3 is 14.6 Å². The maximum atomic E-state index is 13.3. The Hall–Kier alpha value is -3.15. The molecule has 0 aliphatic heterocycles. The van der Waals surface area contributed by atoms with Crippen molar-refractivity contribution in [1.29, 1.82) is 0 Å². The van der Waals surface area contributed by atoms with E-state index < -0.39 is 12.1 Å². The van der Waals surface area contributed by atoms with Gasteiger partial charge in [0.2, 0.25) is 0 Å². The SMILES string of the molecule is Cc1cc(C)c2cc(C(=O)OC(C)C(=O)N(C)Cc3cccc(F)c3)[nH]c2c1. The average molecular weight is 382 g/mol. The number of aromatic amines is 1. The van der Waals surface area contributed by atoms with Gasteiger partial charge in [-0.1, -0.05) is 18.2 Å². The summed E-state index contributed by atoms with van der Waals surface area (Å²) in [5.41, 5.74) is 3.97. The number of aromatic nitrogens is 1. The second-order valence-corrected chi connectivity index (χ2v) is 7.10. The van der Waals surface area contributed by atoms with Crippen LogP contribution >= 0.6 is 0 Å². The van der Waals surface area contributed by atoms with Crippen LogP contribution in [0.1, 0.15) is 34.1 Å². The van der Waals surface area contributed by atoms with Gasteiger partial charge >= 0.3 is 5.97 Å². The molecule has 28 heavy (non-hydrogen) atoms. The fourth-order valence-corrected chi connectivity index (χ4v) is 3.28. The lowest BCUT2D eigenvalue weighted by Gasteiger charge is -2.21. The first-order chi connectivity index (χ1) is 13.2. The van der Waals surface area contributed by atoms with E-state index in [1.165, 1.54) is 24.0 Å². The monoisotopic (exact) mass is 382 g/mol. The fourth-order valence-electron chi connectivity index (χ4n) is 3.28. The highest BCUT2D eigenvalue weighted by molar-refractivity contribution is 5.97. The number of H-pyrrole nitrogens is 1. The van der Waals surface area contributed by atoms with Crippen LogP contribution in [0.4, 0.5) is 4.39 Å². The molecule has 1 atom stereocenters. The zero-order chi connectivity index (χ0) is 20.4. The summed E-state index contributed by atoms with van der Waals surface area (Å²) in [7, 11) is 1.59. The predicted octanol–water partition coefficient (Wildman–Crippen LogP) is 4.13. The number of aryl methyl sites for hydroxylation is 2. The summed E-state index contributed by atoms with van der Waals surface area (Å²) in [6.45, 7) is 5.72. The Kier molecular flexibility index (Phi) is 5.49. The number of likely N-dealkylation sites (N-methyl/N-ethyl adjacent to an activating group) is 1. The summed E-state index contributed by atoms with van der Waals surface area (Å²) in [6, 6.07) is 11.8.